The zero-order valence-corrected chi connectivity index (χ0v) is 10.6. The molecule has 4 unspecified atom stereocenters. The van der Waals surface area contributed by atoms with Gasteiger partial charge in [0.15, 0.2) is 0 Å². The van der Waals surface area contributed by atoms with E-state index in [1.54, 1.807) is 0 Å². The fraction of sp³-hybridized carbons (Fsp3) is 0.667. The molecule has 0 saturated heterocycles. The number of carboxylic acids is 4. The number of rotatable bonds is 6. The SMILES string of the molecule is O=C(O)CC1CC(C(=O)O)C(C(=O)O)CC1CC(=O)O. The summed E-state index contributed by atoms with van der Waals surface area (Å²) in [5, 5.41) is 35.7. The summed E-state index contributed by atoms with van der Waals surface area (Å²) in [4.78, 5) is 43.8. The van der Waals surface area contributed by atoms with Crippen molar-refractivity contribution in [2.24, 2.45) is 23.7 Å². The van der Waals surface area contributed by atoms with Gasteiger partial charge in [0.2, 0.25) is 0 Å². The van der Waals surface area contributed by atoms with Crippen molar-refractivity contribution in [2.75, 3.05) is 0 Å². The summed E-state index contributed by atoms with van der Waals surface area (Å²) in [6.45, 7) is 0. The molecule has 0 heterocycles. The van der Waals surface area contributed by atoms with Crippen LogP contribution in [-0.4, -0.2) is 44.3 Å². The van der Waals surface area contributed by atoms with Gasteiger partial charge in [0, 0.05) is 12.8 Å². The van der Waals surface area contributed by atoms with Crippen LogP contribution in [0.1, 0.15) is 25.7 Å². The van der Waals surface area contributed by atoms with Crippen LogP contribution in [0.3, 0.4) is 0 Å². The second-order valence-corrected chi connectivity index (χ2v) is 5.08. The van der Waals surface area contributed by atoms with Crippen molar-refractivity contribution in [3.8, 4) is 0 Å². The standard InChI is InChI=1S/C12H16O8/c13-9(14)3-5-1-7(11(17)18)8(12(19)20)2-6(5)4-10(15)16/h5-8H,1-4H2,(H,13,14)(H,15,16)(H,17,18)(H,19,20). The normalized spacial score (nSPS) is 29.6. The van der Waals surface area contributed by atoms with Crippen LogP contribution in [0.2, 0.25) is 0 Å². The lowest BCUT2D eigenvalue weighted by Crippen LogP contribution is -2.41. The van der Waals surface area contributed by atoms with E-state index in [0.29, 0.717) is 0 Å². The lowest BCUT2D eigenvalue weighted by molar-refractivity contribution is -0.160. The summed E-state index contributed by atoms with van der Waals surface area (Å²) >= 11 is 0. The van der Waals surface area contributed by atoms with Crippen LogP contribution >= 0.6 is 0 Å². The molecule has 112 valence electrons. The molecule has 8 nitrogen and oxygen atoms in total. The van der Waals surface area contributed by atoms with Crippen LogP contribution < -0.4 is 0 Å². The fourth-order valence-corrected chi connectivity index (χ4v) is 2.86. The van der Waals surface area contributed by atoms with E-state index >= 15 is 0 Å². The average Bonchev–Trinajstić information content (AvgIpc) is 2.28. The third-order valence-corrected chi connectivity index (χ3v) is 3.77. The predicted octanol–water partition coefficient (Wildman–Crippen LogP) is 0.364. The van der Waals surface area contributed by atoms with Gasteiger partial charge in [-0.15, -0.1) is 0 Å². The van der Waals surface area contributed by atoms with Gasteiger partial charge in [-0.25, -0.2) is 0 Å². The monoisotopic (exact) mass is 288 g/mol. The molecule has 1 rings (SSSR count). The van der Waals surface area contributed by atoms with E-state index in [2.05, 4.69) is 0 Å². The highest BCUT2D eigenvalue weighted by Crippen LogP contribution is 2.41. The molecule has 1 aliphatic rings. The van der Waals surface area contributed by atoms with Crippen molar-refractivity contribution in [3.05, 3.63) is 0 Å². The van der Waals surface area contributed by atoms with Gasteiger partial charge in [0.25, 0.3) is 0 Å². The lowest BCUT2D eigenvalue weighted by Gasteiger charge is -2.36. The first kappa shape index (κ1) is 15.9. The van der Waals surface area contributed by atoms with Crippen LogP contribution in [0.5, 0.6) is 0 Å². The Labute approximate surface area is 114 Å². The van der Waals surface area contributed by atoms with Crippen molar-refractivity contribution >= 4 is 23.9 Å². The maximum atomic E-state index is 11.1. The van der Waals surface area contributed by atoms with E-state index in [9.17, 15) is 19.2 Å². The third kappa shape index (κ3) is 3.94. The second-order valence-electron chi connectivity index (χ2n) is 5.08. The molecule has 0 bridgehead atoms. The second kappa shape index (κ2) is 6.36. The number of carbonyl (C=O) groups is 4. The summed E-state index contributed by atoms with van der Waals surface area (Å²) in [5.74, 6) is -8.51. The quantitative estimate of drug-likeness (QED) is 0.547. The van der Waals surface area contributed by atoms with E-state index in [1.807, 2.05) is 0 Å². The first-order valence-corrected chi connectivity index (χ1v) is 6.11. The van der Waals surface area contributed by atoms with Gasteiger partial charge in [-0.1, -0.05) is 0 Å². The van der Waals surface area contributed by atoms with Gasteiger partial charge < -0.3 is 20.4 Å². The van der Waals surface area contributed by atoms with Gasteiger partial charge in [-0.2, -0.15) is 0 Å². The molecule has 20 heavy (non-hydrogen) atoms. The van der Waals surface area contributed by atoms with E-state index in [1.165, 1.54) is 0 Å². The number of hydrogen-bond donors (Lipinski definition) is 4. The maximum Gasteiger partial charge on any atom is 0.307 e. The maximum absolute atomic E-state index is 11.1. The van der Waals surface area contributed by atoms with Crippen LogP contribution in [-0.2, 0) is 19.2 Å². The number of carboxylic acid groups (broad SMARTS) is 4. The highest BCUT2D eigenvalue weighted by Gasteiger charge is 2.45. The molecular formula is C12H16O8. The Bertz CT molecular complexity index is 389. The van der Waals surface area contributed by atoms with Gasteiger partial charge in [-0.05, 0) is 24.7 Å². The summed E-state index contributed by atoms with van der Waals surface area (Å²) < 4.78 is 0. The predicted molar refractivity (Wildman–Crippen MR) is 63.0 cm³/mol. The van der Waals surface area contributed by atoms with Crippen molar-refractivity contribution < 1.29 is 39.6 Å². The minimum atomic E-state index is -1.29. The summed E-state index contributed by atoms with van der Waals surface area (Å²) in [6.07, 6.45) is -0.963. The Morgan fingerprint density at radius 2 is 1.00 bits per heavy atom. The van der Waals surface area contributed by atoms with Crippen LogP contribution in [0.15, 0.2) is 0 Å². The van der Waals surface area contributed by atoms with E-state index in [4.69, 9.17) is 20.4 Å². The molecular weight excluding hydrogens is 272 g/mol. The van der Waals surface area contributed by atoms with Gasteiger partial charge in [0.1, 0.15) is 0 Å². The summed E-state index contributed by atoms with van der Waals surface area (Å²) in [6, 6.07) is 0. The van der Waals surface area contributed by atoms with E-state index in [-0.39, 0.29) is 25.7 Å². The highest BCUT2D eigenvalue weighted by molar-refractivity contribution is 5.80. The Morgan fingerprint density at radius 1 is 0.700 bits per heavy atom. The molecule has 1 saturated carbocycles. The lowest BCUT2D eigenvalue weighted by atomic mass is 9.66. The molecule has 8 heteroatoms. The minimum absolute atomic E-state index is 0.128. The Balaban J connectivity index is 2.97. The molecule has 4 N–H and O–H groups in total. The first-order chi connectivity index (χ1) is 9.22. The van der Waals surface area contributed by atoms with Gasteiger partial charge >= 0.3 is 23.9 Å². The van der Waals surface area contributed by atoms with E-state index < -0.39 is 47.5 Å². The van der Waals surface area contributed by atoms with Crippen LogP contribution in [0.25, 0.3) is 0 Å². The molecule has 0 aromatic heterocycles. The largest absolute Gasteiger partial charge is 0.481 e. The molecule has 1 fully saturated rings. The molecule has 0 aromatic rings. The number of hydrogen-bond acceptors (Lipinski definition) is 4. The molecule has 0 spiro atoms. The van der Waals surface area contributed by atoms with E-state index in [0.717, 1.165) is 0 Å². The molecule has 0 aromatic carbocycles. The third-order valence-electron chi connectivity index (χ3n) is 3.77. The van der Waals surface area contributed by atoms with Crippen molar-refractivity contribution in [2.45, 2.75) is 25.7 Å². The fourth-order valence-electron chi connectivity index (χ4n) is 2.86. The summed E-state index contributed by atoms with van der Waals surface area (Å²) in [5.41, 5.74) is 0. The van der Waals surface area contributed by atoms with Crippen molar-refractivity contribution in [1.82, 2.24) is 0 Å². The number of aliphatic carboxylic acids is 4. The molecule has 0 amide bonds. The topological polar surface area (TPSA) is 149 Å². The average molecular weight is 288 g/mol. The molecule has 1 aliphatic carbocycles. The van der Waals surface area contributed by atoms with Crippen LogP contribution in [0, 0.1) is 23.7 Å². The zero-order chi connectivity index (χ0) is 15.4. The zero-order valence-electron chi connectivity index (χ0n) is 10.6. The van der Waals surface area contributed by atoms with Gasteiger partial charge in [-0.3, -0.25) is 19.2 Å². The summed E-state index contributed by atoms with van der Waals surface area (Å²) in [7, 11) is 0. The minimum Gasteiger partial charge on any atom is -0.481 e. The Morgan fingerprint density at radius 3 is 1.20 bits per heavy atom. The molecule has 0 aliphatic heterocycles. The van der Waals surface area contributed by atoms with Crippen molar-refractivity contribution in [1.29, 1.82) is 0 Å². The van der Waals surface area contributed by atoms with Gasteiger partial charge in [0.05, 0.1) is 11.8 Å². The Kier molecular flexibility index (Phi) is 5.06. The smallest absolute Gasteiger partial charge is 0.307 e. The first-order valence-electron chi connectivity index (χ1n) is 6.11. The molecule has 0 radical (unpaired) electrons. The highest BCUT2D eigenvalue weighted by atomic mass is 16.4. The Hall–Kier alpha value is -2.12. The molecule has 4 atom stereocenters. The van der Waals surface area contributed by atoms with Crippen molar-refractivity contribution in [3.63, 3.8) is 0 Å². The van der Waals surface area contributed by atoms with Crippen LogP contribution in [0.4, 0.5) is 0 Å².